The first kappa shape index (κ1) is 14.9. The van der Waals surface area contributed by atoms with Crippen molar-refractivity contribution >= 4 is 11.6 Å². The standard InChI is InChI=1S/C15H14F2N2O2/c16-12-3-1-2-4-14(12)19-15(20)9-21-11-6-5-10(8-18)13(17)7-11/h1-7H,8-9,18H2,(H,19,20). The number of rotatable bonds is 5. The third kappa shape index (κ3) is 4.00. The lowest BCUT2D eigenvalue weighted by atomic mass is 10.2. The number of nitrogens with one attached hydrogen (secondary N) is 1. The fourth-order valence-corrected chi connectivity index (χ4v) is 1.68. The number of benzene rings is 2. The fraction of sp³-hybridized carbons (Fsp3) is 0.133. The summed E-state index contributed by atoms with van der Waals surface area (Å²) in [6.45, 7) is -0.268. The van der Waals surface area contributed by atoms with Crippen LogP contribution in [0, 0.1) is 11.6 Å². The molecule has 0 aliphatic rings. The monoisotopic (exact) mass is 292 g/mol. The Bertz CT molecular complexity index is 647. The van der Waals surface area contributed by atoms with Crippen molar-refractivity contribution in [3.8, 4) is 5.75 Å². The van der Waals surface area contributed by atoms with E-state index in [1.807, 2.05) is 0 Å². The second kappa shape index (κ2) is 6.81. The van der Waals surface area contributed by atoms with Crippen molar-refractivity contribution < 1.29 is 18.3 Å². The maximum atomic E-state index is 13.5. The van der Waals surface area contributed by atoms with Gasteiger partial charge in [-0.25, -0.2) is 8.78 Å². The van der Waals surface area contributed by atoms with Gasteiger partial charge in [0.05, 0.1) is 5.69 Å². The maximum Gasteiger partial charge on any atom is 0.262 e. The number of hydrogen-bond acceptors (Lipinski definition) is 3. The van der Waals surface area contributed by atoms with Gasteiger partial charge in [0.15, 0.2) is 6.61 Å². The molecule has 0 bridgehead atoms. The van der Waals surface area contributed by atoms with Gasteiger partial charge in [-0.2, -0.15) is 0 Å². The molecule has 0 saturated heterocycles. The van der Waals surface area contributed by atoms with Gasteiger partial charge in [-0.1, -0.05) is 18.2 Å². The molecule has 0 radical (unpaired) electrons. The van der Waals surface area contributed by atoms with Crippen molar-refractivity contribution in [3.63, 3.8) is 0 Å². The van der Waals surface area contributed by atoms with Gasteiger partial charge in [0.2, 0.25) is 0 Å². The Hall–Kier alpha value is -2.47. The van der Waals surface area contributed by atoms with E-state index < -0.39 is 17.5 Å². The molecule has 0 aliphatic heterocycles. The molecule has 110 valence electrons. The minimum atomic E-state index is -0.539. The minimum Gasteiger partial charge on any atom is -0.484 e. The quantitative estimate of drug-likeness (QED) is 0.889. The van der Waals surface area contributed by atoms with E-state index in [2.05, 4.69) is 5.32 Å². The Balaban J connectivity index is 1.92. The van der Waals surface area contributed by atoms with Crippen LogP contribution in [-0.4, -0.2) is 12.5 Å². The van der Waals surface area contributed by atoms with E-state index in [1.54, 1.807) is 6.07 Å². The second-order valence-electron chi connectivity index (χ2n) is 4.27. The molecule has 0 heterocycles. The highest BCUT2D eigenvalue weighted by Gasteiger charge is 2.08. The van der Waals surface area contributed by atoms with Gasteiger partial charge >= 0.3 is 0 Å². The molecule has 0 fully saturated rings. The van der Waals surface area contributed by atoms with Crippen LogP contribution < -0.4 is 15.8 Å². The zero-order chi connectivity index (χ0) is 15.2. The van der Waals surface area contributed by atoms with Crippen LogP contribution in [0.4, 0.5) is 14.5 Å². The molecule has 0 saturated carbocycles. The van der Waals surface area contributed by atoms with E-state index in [1.165, 1.54) is 30.3 Å². The zero-order valence-electron chi connectivity index (χ0n) is 11.1. The van der Waals surface area contributed by atoms with Crippen LogP contribution >= 0.6 is 0 Å². The Kier molecular flexibility index (Phi) is 4.84. The summed E-state index contributed by atoms with van der Waals surface area (Å²) in [6, 6.07) is 9.93. The highest BCUT2D eigenvalue weighted by molar-refractivity contribution is 5.91. The average molecular weight is 292 g/mol. The largest absolute Gasteiger partial charge is 0.484 e. The van der Waals surface area contributed by atoms with Crippen molar-refractivity contribution in [1.29, 1.82) is 0 Å². The van der Waals surface area contributed by atoms with Crippen LogP contribution in [-0.2, 0) is 11.3 Å². The Morgan fingerprint density at radius 2 is 1.90 bits per heavy atom. The van der Waals surface area contributed by atoms with Gasteiger partial charge in [0.25, 0.3) is 5.91 Å². The SMILES string of the molecule is NCc1ccc(OCC(=O)Nc2ccccc2F)cc1F. The lowest BCUT2D eigenvalue weighted by Gasteiger charge is -2.09. The van der Waals surface area contributed by atoms with Crippen molar-refractivity contribution in [3.05, 3.63) is 59.7 Å². The van der Waals surface area contributed by atoms with E-state index >= 15 is 0 Å². The number of amides is 1. The number of hydrogen-bond donors (Lipinski definition) is 2. The molecule has 0 atom stereocenters. The maximum absolute atomic E-state index is 13.5. The minimum absolute atomic E-state index is 0.0655. The van der Waals surface area contributed by atoms with Gasteiger partial charge in [-0.15, -0.1) is 0 Å². The number of carbonyl (C=O) groups excluding carboxylic acids is 1. The normalized spacial score (nSPS) is 10.2. The summed E-state index contributed by atoms with van der Waals surface area (Å²) in [5, 5.41) is 2.36. The third-order valence-corrected chi connectivity index (χ3v) is 2.76. The molecule has 0 aromatic heterocycles. The lowest BCUT2D eigenvalue weighted by Crippen LogP contribution is -2.20. The molecule has 0 unspecified atom stereocenters. The average Bonchev–Trinajstić information content (AvgIpc) is 2.48. The first-order valence-corrected chi connectivity index (χ1v) is 6.26. The van der Waals surface area contributed by atoms with Crippen LogP contribution in [0.1, 0.15) is 5.56 Å². The van der Waals surface area contributed by atoms with Crippen molar-refractivity contribution in [2.45, 2.75) is 6.54 Å². The van der Waals surface area contributed by atoms with Crippen molar-refractivity contribution in [2.75, 3.05) is 11.9 Å². The molecule has 6 heteroatoms. The van der Waals surface area contributed by atoms with Gasteiger partial charge in [-0.3, -0.25) is 4.79 Å². The summed E-state index contributed by atoms with van der Waals surface area (Å²) in [6.07, 6.45) is 0. The summed E-state index contributed by atoms with van der Waals surface area (Å²) >= 11 is 0. The van der Waals surface area contributed by atoms with Crippen LogP contribution in [0.25, 0.3) is 0 Å². The van der Waals surface area contributed by atoms with Gasteiger partial charge in [-0.05, 0) is 18.2 Å². The Morgan fingerprint density at radius 3 is 2.57 bits per heavy atom. The summed E-state index contributed by atoms with van der Waals surface area (Å²) in [7, 11) is 0. The molecule has 21 heavy (non-hydrogen) atoms. The fourth-order valence-electron chi connectivity index (χ4n) is 1.68. The van der Waals surface area contributed by atoms with Crippen LogP contribution in [0.2, 0.25) is 0 Å². The molecule has 0 spiro atoms. The van der Waals surface area contributed by atoms with Crippen LogP contribution in [0.5, 0.6) is 5.75 Å². The molecule has 2 aromatic rings. The summed E-state index contributed by atoms with van der Waals surface area (Å²) < 4.78 is 31.9. The number of para-hydroxylation sites is 1. The molecular weight excluding hydrogens is 278 g/mol. The smallest absolute Gasteiger partial charge is 0.262 e. The number of anilines is 1. The van der Waals surface area contributed by atoms with Crippen molar-refractivity contribution in [2.24, 2.45) is 5.73 Å². The van der Waals surface area contributed by atoms with Crippen molar-refractivity contribution in [1.82, 2.24) is 0 Å². The summed E-state index contributed by atoms with van der Waals surface area (Å²) in [5.74, 6) is -1.37. The highest BCUT2D eigenvalue weighted by Crippen LogP contribution is 2.17. The van der Waals surface area contributed by atoms with Crippen LogP contribution in [0.15, 0.2) is 42.5 Å². The number of nitrogens with two attached hydrogens (primary N) is 1. The van der Waals surface area contributed by atoms with Crippen LogP contribution in [0.3, 0.4) is 0 Å². The van der Waals surface area contributed by atoms with E-state index in [9.17, 15) is 13.6 Å². The van der Waals surface area contributed by atoms with Gasteiger partial charge < -0.3 is 15.8 Å². The Morgan fingerprint density at radius 1 is 1.14 bits per heavy atom. The Labute approximate surface area is 120 Å². The molecule has 0 aliphatic carbocycles. The first-order chi connectivity index (χ1) is 10.1. The molecule has 4 nitrogen and oxygen atoms in total. The summed E-state index contributed by atoms with van der Waals surface area (Å²) in [4.78, 5) is 11.6. The third-order valence-electron chi connectivity index (χ3n) is 2.76. The van der Waals surface area contributed by atoms with E-state index in [0.717, 1.165) is 6.07 Å². The van der Waals surface area contributed by atoms with Gasteiger partial charge in [0, 0.05) is 18.2 Å². The molecule has 2 aromatic carbocycles. The number of ether oxygens (including phenoxy) is 1. The summed E-state index contributed by atoms with van der Waals surface area (Å²) in [5.41, 5.74) is 5.77. The highest BCUT2D eigenvalue weighted by atomic mass is 19.1. The molecule has 1 amide bonds. The molecular formula is C15H14F2N2O2. The van der Waals surface area contributed by atoms with E-state index in [-0.39, 0.29) is 24.6 Å². The molecule has 2 rings (SSSR count). The first-order valence-electron chi connectivity index (χ1n) is 6.26. The van der Waals surface area contributed by atoms with E-state index in [4.69, 9.17) is 10.5 Å². The number of halogens is 2. The lowest BCUT2D eigenvalue weighted by molar-refractivity contribution is -0.118. The molecule has 3 N–H and O–H groups in total. The van der Waals surface area contributed by atoms with E-state index in [0.29, 0.717) is 5.56 Å². The van der Waals surface area contributed by atoms with Gasteiger partial charge in [0.1, 0.15) is 17.4 Å². The topological polar surface area (TPSA) is 64.3 Å². The predicted molar refractivity (Wildman–Crippen MR) is 74.8 cm³/mol. The second-order valence-corrected chi connectivity index (χ2v) is 4.27. The predicted octanol–water partition coefficient (Wildman–Crippen LogP) is 2.44. The number of carbonyl (C=O) groups is 1. The zero-order valence-corrected chi connectivity index (χ0v) is 11.1.